The third kappa shape index (κ3) is 8.48. The number of hydrogen-bond acceptors (Lipinski definition) is 3. The van der Waals surface area contributed by atoms with E-state index in [9.17, 15) is 4.79 Å². The second-order valence-corrected chi connectivity index (χ2v) is 5.96. The second kappa shape index (κ2) is 9.53. The molecule has 1 rings (SSSR count). The summed E-state index contributed by atoms with van der Waals surface area (Å²) in [4.78, 5) is 14.0. The number of hydrazine groups is 1. The predicted molar refractivity (Wildman–Crippen MR) is 88.8 cm³/mol. The number of carbonyl (C=O) groups excluding carboxylic acids is 1. The van der Waals surface area contributed by atoms with Gasteiger partial charge in [0.05, 0.1) is 0 Å². The van der Waals surface area contributed by atoms with Gasteiger partial charge in [-0.25, -0.2) is 5.01 Å². The molecule has 118 valence electrons. The Bertz CT molecular complexity index is 412. The zero-order chi connectivity index (χ0) is 15.7. The quantitative estimate of drug-likeness (QED) is 0.464. The molecule has 0 bridgehead atoms. The van der Waals surface area contributed by atoms with Crippen molar-refractivity contribution in [2.45, 2.75) is 33.6 Å². The summed E-state index contributed by atoms with van der Waals surface area (Å²) in [6.45, 7) is 10.1. The minimum atomic E-state index is -0.0482. The van der Waals surface area contributed by atoms with E-state index >= 15 is 0 Å². The molecular formula is C17H29N3O. The van der Waals surface area contributed by atoms with Crippen LogP contribution in [0.25, 0.3) is 0 Å². The summed E-state index contributed by atoms with van der Waals surface area (Å²) >= 11 is 0. The first kappa shape index (κ1) is 17.7. The topological polar surface area (TPSA) is 35.6 Å². The Balaban J connectivity index is 2.28. The monoisotopic (exact) mass is 291 g/mol. The Kier molecular flexibility index (Phi) is 8.01. The molecule has 1 fully saturated rings. The van der Waals surface area contributed by atoms with Gasteiger partial charge >= 0.3 is 0 Å². The van der Waals surface area contributed by atoms with Gasteiger partial charge in [0.15, 0.2) is 0 Å². The molecule has 1 aliphatic heterocycles. The van der Waals surface area contributed by atoms with E-state index < -0.39 is 0 Å². The van der Waals surface area contributed by atoms with Gasteiger partial charge in [0.25, 0.3) is 5.91 Å². The third-order valence-corrected chi connectivity index (χ3v) is 3.49. The number of piperazine rings is 1. The number of nitrogens with zero attached hydrogens (tertiary/aromatic N) is 2. The van der Waals surface area contributed by atoms with Crippen LogP contribution in [-0.4, -0.2) is 49.0 Å². The van der Waals surface area contributed by atoms with Crippen molar-refractivity contribution in [1.82, 2.24) is 15.3 Å². The van der Waals surface area contributed by atoms with Gasteiger partial charge in [0.1, 0.15) is 0 Å². The van der Waals surface area contributed by atoms with Crippen LogP contribution in [-0.2, 0) is 4.79 Å². The van der Waals surface area contributed by atoms with Gasteiger partial charge in [-0.05, 0) is 40.7 Å². The standard InChI is InChI=1S/C17H29N3O/c1-15(2)7-5-8-16(3)9-6-10-17(21)18-20-13-11-19(4)12-14-20/h6-7,9-10H,5,8,11-14H2,1-4H3,(H,18,21)/b10-6+,16-9+. The molecule has 21 heavy (non-hydrogen) atoms. The Morgan fingerprint density at radius 1 is 1.14 bits per heavy atom. The van der Waals surface area contributed by atoms with E-state index in [0.29, 0.717) is 0 Å². The molecule has 0 unspecified atom stereocenters. The molecule has 0 aromatic heterocycles. The summed E-state index contributed by atoms with van der Waals surface area (Å²) in [7, 11) is 2.10. The molecular weight excluding hydrogens is 262 g/mol. The largest absolute Gasteiger partial charge is 0.304 e. The van der Waals surface area contributed by atoms with Crippen LogP contribution in [0, 0.1) is 0 Å². The Hall–Kier alpha value is -1.39. The van der Waals surface area contributed by atoms with E-state index in [4.69, 9.17) is 0 Å². The van der Waals surface area contributed by atoms with Crippen molar-refractivity contribution < 1.29 is 4.79 Å². The molecule has 0 atom stereocenters. The average molecular weight is 291 g/mol. The summed E-state index contributed by atoms with van der Waals surface area (Å²) in [5.74, 6) is -0.0482. The molecule has 0 aliphatic carbocycles. The number of carbonyl (C=O) groups is 1. The first-order chi connectivity index (χ1) is 9.97. The van der Waals surface area contributed by atoms with Crippen molar-refractivity contribution >= 4 is 5.91 Å². The van der Waals surface area contributed by atoms with Crippen LogP contribution in [0.3, 0.4) is 0 Å². The molecule has 0 radical (unpaired) electrons. The van der Waals surface area contributed by atoms with Crippen molar-refractivity contribution in [3.8, 4) is 0 Å². The normalized spacial score (nSPS) is 18.0. The lowest BCUT2D eigenvalue weighted by Crippen LogP contribution is -2.52. The van der Waals surface area contributed by atoms with Gasteiger partial charge in [0, 0.05) is 32.3 Å². The number of rotatable bonds is 6. The number of likely N-dealkylation sites (N-methyl/N-ethyl adjacent to an activating group) is 1. The molecule has 0 aromatic rings. The molecule has 1 amide bonds. The highest BCUT2D eigenvalue weighted by molar-refractivity contribution is 5.87. The van der Waals surface area contributed by atoms with Crippen LogP contribution in [0.1, 0.15) is 33.6 Å². The zero-order valence-corrected chi connectivity index (χ0v) is 13.9. The average Bonchev–Trinajstić information content (AvgIpc) is 2.41. The van der Waals surface area contributed by atoms with Crippen LogP contribution in [0.5, 0.6) is 0 Å². The van der Waals surface area contributed by atoms with Crippen LogP contribution >= 0.6 is 0 Å². The predicted octanol–water partition coefficient (Wildman–Crippen LogP) is 2.51. The van der Waals surface area contributed by atoms with E-state index in [1.54, 1.807) is 6.08 Å². The fourth-order valence-electron chi connectivity index (χ4n) is 2.08. The van der Waals surface area contributed by atoms with Crippen molar-refractivity contribution in [2.24, 2.45) is 0 Å². The highest BCUT2D eigenvalue weighted by Crippen LogP contribution is 2.06. The fourth-order valence-corrected chi connectivity index (χ4v) is 2.08. The van der Waals surface area contributed by atoms with Gasteiger partial charge in [-0.15, -0.1) is 0 Å². The molecule has 1 saturated heterocycles. The maximum absolute atomic E-state index is 11.8. The van der Waals surface area contributed by atoms with E-state index in [1.807, 2.05) is 17.2 Å². The first-order valence-electron chi connectivity index (χ1n) is 7.68. The molecule has 1 N–H and O–H groups in total. The lowest BCUT2D eigenvalue weighted by molar-refractivity contribution is -0.121. The highest BCUT2D eigenvalue weighted by Gasteiger charge is 2.14. The summed E-state index contributed by atoms with van der Waals surface area (Å²) < 4.78 is 0. The SMILES string of the molecule is CC(C)=CCC/C(C)=C/C=C/C(=O)NN1CCN(C)CC1. The Morgan fingerprint density at radius 3 is 2.43 bits per heavy atom. The summed E-state index contributed by atoms with van der Waals surface area (Å²) in [6.07, 6.45) is 9.79. The van der Waals surface area contributed by atoms with E-state index in [-0.39, 0.29) is 5.91 Å². The molecule has 1 heterocycles. The third-order valence-electron chi connectivity index (χ3n) is 3.49. The fraction of sp³-hybridized carbons (Fsp3) is 0.588. The Labute approximate surface area is 129 Å². The molecule has 1 aliphatic rings. The van der Waals surface area contributed by atoms with Crippen LogP contribution in [0.2, 0.25) is 0 Å². The Morgan fingerprint density at radius 2 is 1.81 bits per heavy atom. The van der Waals surface area contributed by atoms with Crippen molar-refractivity contribution in [2.75, 3.05) is 33.2 Å². The zero-order valence-electron chi connectivity index (χ0n) is 13.9. The number of nitrogens with one attached hydrogen (secondary N) is 1. The van der Waals surface area contributed by atoms with Crippen LogP contribution in [0.15, 0.2) is 35.5 Å². The number of hydrogen-bond donors (Lipinski definition) is 1. The minimum absolute atomic E-state index is 0.0482. The van der Waals surface area contributed by atoms with Crippen LogP contribution in [0.4, 0.5) is 0 Å². The van der Waals surface area contributed by atoms with E-state index in [1.165, 1.54) is 11.1 Å². The second-order valence-electron chi connectivity index (χ2n) is 5.96. The lowest BCUT2D eigenvalue weighted by atomic mass is 10.1. The van der Waals surface area contributed by atoms with Gasteiger partial charge in [0.2, 0.25) is 0 Å². The maximum Gasteiger partial charge on any atom is 0.258 e. The molecule has 0 aromatic carbocycles. The van der Waals surface area contributed by atoms with Crippen molar-refractivity contribution in [3.63, 3.8) is 0 Å². The lowest BCUT2D eigenvalue weighted by Gasteiger charge is -2.31. The van der Waals surface area contributed by atoms with Crippen LogP contribution < -0.4 is 5.43 Å². The van der Waals surface area contributed by atoms with Gasteiger partial charge in [-0.2, -0.15) is 0 Å². The van der Waals surface area contributed by atoms with Crippen molar-refractivity contribution in [1.29, 1.82) is 0 Å². The van der Waals surface area contributed by atoms with Gasteiger partial charge in [-0.3, -0.25) is 10.2 Å². The highest BCUT2D eigenvalue weighted by atomic mass is 16.2. The molecule has 0 saturated carbocycles. The maximum atomic E-state index is 11.8. The molecule has 0 spiro atoms. The van der Waals surface area contributed by atoms with E-state index in [0.717, 1.165) is 39.0 Å². The first-order valence-corrected chi connectivity index (χ1v) is 7.68. The smallest absolute Gasteiger partial charge is 0.258 e. The van der Waals surface area contributed by atoms with E-state index in [2.05, 4.69) is 44.2 Å². The summed E-state index contributed by atoms with van der Waals surface area (Å²) in [6, 6.07) is 0. The number of amides is 1. The number of allylic oxidation sites excluding steroid dienone is 5. The van der Waals surface area contributed by atoms with Gasteiger partial charge in [-0.1, -0.05) is 29.4 Å². The summed E-state index contributed by atoms with van der Waals surface area (Å²) in [5, 5.41) is 1.98. The van der Waals surface area contributed by atoms with Crippen molar-refractivity contribution in [3.05, 3.63) is 35.5 Å². The van der Waals surface area contributed by atoms with Gasteiger partial charge < -0.3 is 4.90 Å². The summed E-state index contributed by atoms with van der Waals surface area (Å²) in [5.41, 5.74) is 5.55. The molecule has 4 nitrogen and oxygen atoms in total. The molecule has 4 heteroatoms. The minimum Gasteiger partial charge on any atom is -0.304 e.